The summed E-state index contributed by atoms with van der Waals surface area (Å²) in [4.78, 5) is 2.19. The minimum atomic E-state index is 0.0370. The van der Waals surface area contributed by atoms with Crippen molar-refractivity contribution >= 4 is 5.69 Å². The molecule has 0 aliphatic heterocycles. The van der Waals surface area contributed by atoms with Crippen molar-refractivity contribution in [3.8, 4) is 11.5 Å². The van der Waals surface area contributed by atoms with E-state index in [1.165, 1.54) is 0 Å². The lowest BCUT2D eigenvalue weighted by Gasteiger charge is -2.31. The van der Waals surface area contributed by atoms with E-state index < -0.39 is 0 Å². The fourth-order valence-corrected chi connectivity index (χ4v) is 2.71. The van der Waals surface area contributed by atoms with E-state index in [2.05, 4.69) is 37.1 Å². The average molecular weight is 328 g/mol. The van der Waals surface area contributed by atoms with Crippen LogP contribution in [0.25, 0.3) is 0 Å². The molecule has 2 rings (SSSR count). The van der Waals surface area contributed by atoms with E-state index in [0.29, 0.717) is 13.2 Å². The second-order valence-electron chi connectivity index (χ2n) is 5.80. The van der Waals surface area contributed by atoms with Crippen molar-refractivity contribution in [2.24, 2.45) is 5.73 Å². The molecule has 0 saturated carbocycles. The van der Waals surface area contributed by atoms with Crippen molar-refractivity contribution in [1.82, 2.24) is 0 Å². The standard InChI is InChI=1S/C20H28N2O2/c1-4-5-13-24-20-14-17(23-3)11-12-18(20)19(15-21)22(2)16-9-7-6-8-10-16/h6-12,14,19H,4-5,13,15,21H2,1-3H3. The van der Waals surface area contributed by atoms with E-state index in [0.717, 1.165) is 35.6 Å². The Kier molecular flexibility index (Phi) is 6.94. The summed E-state index contributed by atoms with van der Waals surface area (Å²) >= 11 is 0. The summed E-state index contributed by atoms with van der Waals surface area (Å²) in [5.41, 5.74) is 8.32. The fourth-order valence-electron chi connectivity index (χ4n) is 2.71. The van der Waals surface area contributed by atoms with Crippen molar-refractivity contribution in [3.63, 3.8) is 0 Å². The number of benzene rings is 2. The highest BCUT2D eigenvalue weighted by Crippen LogP contribution is 2.34. The van der Waals surface area contributed by atoms with E-state index >= 15 is 0 Å². The van der Waals surface area contributed by atoms with E-state index in [-0.39, 0.29) is 6.04 Å². The van der Waals surface area contributed by atoms with Crippen LogP contribution in [0.5, 0.6) is 11.5 Å². The van der Waals surface area contributed by atoms with Crippen LogP contribution in [-0.2, 0) is 0 Å². The largest absolute Gasteiger partial charge is 0.497 e. The molecular formula is C20H28N2O2. The zero-order chi connectivity index (χ0) is 17.4. The molecule has 0 aliphatic carbocycles. The minimum Gasteiger partial charge on any atom is -0.497 e. The highest BCUT2D eigenvalue weighted by atomic mass is 16.5. The zero-order valence-electron chi connectivity index (χ0n) is 14.9. The van der Waals surface area contributed by atoms with Gasteiger partial charge in [0, 0.05) is 30.9 Å². The van der Waals surface area contributed by atoms with Gasteiger partial charge in [-0.25, -0.2) is 0 Å². The van der Waals surface area contributed by atoms with E-state index in [1.807, 2.05) is 30.3 Å². The Morgan fingerprint density at radius 1 is 1.12 bits per heavy atom. The first-order valence-electron chi connectivity index (χ1n) is 8.50. The van der Waals surface area contributed by atoms with E-state index in [4.69, 9.17) is 15.2 Å². The summed E-state index contributed by atoms with van der Waals surface area (Å²) in [6, 6.07) is 16.3. The number of methoxy groups -OCH3 is 1. The van der Waals surface area contributed by atoms with Gasteiger partial charge in [-0.15, -0.1) is 0 Å². The molecule has 2 aromatic carbocycles. The van der Waals surface area contributed by atoms with Crippen LogP contribution in [-0.4, -0.2) is 27.3 Å². The molecule has 130 valence electrons. The second-order valence-corrected chi connectivity index (χ2v) is 5.80. The summed E-state index contributed by atoms with van der Waals surface area (Å²) in [6.07, 6.45) is 2.13. The van der Waals surface area contributed by atoms with Crippen LogP contribution in [0.4, 0.5) is 5.69 Å². The SMILES string of the molecule is CCCCOc1cc(OC)ccc1C(CN)N(C)c1ccccc1. The number of nitrogens with two attached hydrogens (primary N) is 1. The Morgan fingerprint density at radius 3 is 2.50 bits per heavy atom. The molecule has 4 nitrogen and oxygen atoms in total. The van der Waals surface area contributed by atoms with E-state index in [9.17, 15) is 0 Å². The lowest BCUT2D eigenvalue weighted by Crippen LogP contribution is -2.30. The van der Waals surface area contributed by atoms with Crippen molar-refractivity contribution in [3.05, 3.63) is 54.1 Å². The van der Waals surface area contributed by atoms with Gasteiger partial charge in [0.25, 0.3) is 0 Å². The number of para-hydroxylation sites is 1. The average Bonchev–Trinajstić information content (AvgIpc) is 2.64. The number of unbranched alkanes of at least 4 members (excludes halogenated alkanes) is 1. The minimum absolute atomic E-state index is 0.0370. The predicted octanol–water partition coefficient (Wildman–Crippen LogP) is 4.01. The van der Waals surface area contributed by atoms with Gasteiger partial charge in [-0.1, -0.05) is 31.5 Å². The molecule has 0 amide bonds. The quantitative estimate of drug-likeness (QED) is 0.707. The normalized spacial score (nSPS) is 11.8. The third kappa shape index (κ3) is 4.42. The number of rotatable bonds is 9. The Morgan fingerprint density at radius 2 is 1.88 bits per heavy atom. The van der Waals surface area contributed by atoms with Gasteiger partial charge in [-0.2, -0.15) is 0 Å². The summed E-state index contributed by atoms with van der Waals surface area (Å²) < 4.78 is 11.4. The molecule has 1 unspecified atom stereocenters. The van der Waals surface area contributed by atoms with Gasteiger partial charge in [0.15, 0.2) is 0 Å². The summed E-state index contributed by atoms with van der Waals surface area (Å²) in [7, 11) is 3.73. The van der Waals surface area contributed by atoms with Crippen LogP contribution in [0, 0.1) is 0 Å². The Labute approximate surface area is 145 Å². The summed E-state index contributed by atoms with van der Waals surface area (Å²) in [6.45, 7) is 3.35. The molecule has 0 radical (unpaired) electrons. The first kappa shape index (κ1) is 18.1. The van der Waals surface area contributed by atoms with Crippen LogP contribution >= 0.6 is 0 Å². The van der Waals surface area contributed by atoms with Gasteiger partial charge >= 0.3 is 0 Å². The number of likely N-dealkylation sites (N-methyl/N-ethyl adjacent to an activating group) is 1. The number of hydrogen-bond donors (Lipinski definition) is 1. The molecule has 0 aromatic heterocycles. The second kappa shape index (κ2) is 9.18. The molecule has 0 spiro atoms. The van der Waals surface area contributed by atoms with Gasteiger partial charge < -0.3 is 20.1 Å². The van der Waals surface area contributed by atoms with Crippen LogP contribution in [0.15, 0.2) is 48.5 Å². The number of hydrogen-bond acceptors (Lipinski definition) is 4. The topological polar surface area (TPSA) is 47.7 Å². The first-order chi connectivity index (χ1) is 11.7. The lowest BCUT2D eigenvalue weighted by atomic mass is 10.0. The zero-order valence-corrected chi connectivity index (χ0v) is 14.9. The molecule has 4 heteroatoms. The monoisotopic (exact) mass is 328 g/mol. The van der Waals surface area contributed by atoms with Crippen molar-refractivity contribution in [2.45, 2.75) is 25.8 Å². The molecule has 24 heavy (non-hydrogen) atoms. The number of ether oxygens (including phenoxy) is 2. The Hall–Kier alpha value is -2.20. The molecule has 0 fully saturated rings. The lowest BCUT2D eigenvalue weighted by molar-refractivity contribution is 0.301. The van der Waals surface area contributed by atoms with Crippen molar-refractivity contribution < 1.29 is 9.47 Å². The van der Waals surface area contributed by atoms with Gasteiger partial charge in [0.05, 0.1) is 19.8 Å². The molecular weight excluding hydrogens is 300 g/mol. The molecule has 0 aliphatic rings. The predicted molar refractivity (Wildman–Crippen MR) is 100 cm³/mol. The molecule has 0 saturated heterocycles. The van der Waals surface area contributed by atoms with Gasteiger partial charge in [0.1, 0.15) is 11.5 Å². The smallest absolute Gasteiger partial charge is 0.128 e. The molecule has 0 bridgehead atoms. The van der Waals surface area contributed by atoms with Crippen LogP contribution in [0.1, 0.15) is 31.4 Å². The van der Waals surface area contributed by atoms with Crippen molar-refractivity contribution in [2.75, 3.05) is 32.2 Å². The first-order valence-corrected chi connectivity index (χ1v) is 8.50. The maximum absolute atomic E-state index is 6.11. The number of nitrogens with zero attached hydrogens (tertiary/aromatic N) is 1. The fraction of sp³-hybridized carbons (Fsp3) is 0.400. The van der Waals surface area contributed by atoms with Gasteiger partial charge in [-0.3, -0.25) is 0 Å². The molecule has 2 N–H and O–H groups in total. The maximum atomic E-state index is 6.11. The van der Waals surface area contributed by atoms with Crippen LogP contribution < -0.4 is 20.1 Å². The highest BCUT2D eigenvalue weighted by Gasteiger charge is 2.20. The molecule has 2 aromatic rings. The summed E-state index contributed by atoms with van der Waals surface area (Å²) in [5.74, 6) is 1.64. The third-order valence-electron chi connectivity index (χ3n) is 4.19. The number of anilines is 1. The summed E-state index contributed by atoms with van der Waals surface area (Å²) in [5, 5.41) is 0. The third-order valence-corrected chi connectivity index (χ3v) is 4.19. The van der Waals surface area contributed by atoms with Crippen molar-refractivity contribution in [1.29, 1.82) is 0 Å². The maximum Gasteiger partial charge on any atom is 0.128 e. The molecule has 1 atom stereocenters. The van der Waals surface area contributed by atoms with Gasteiger partial charge in [0.2, 0.25) is 0 Å². The van der Waals surface area contributed by atoms with Crippen LogP contribution in [0.3, 0.4) is 0 Å². The van der Waals surface area contributed by atoms with Gasteiger partial charge in [-0.05, 0) is 30.7 Å². The van der Waals surface area contributed by atoms with Crippen LogP contribution in [0.2, 0.25) is 0 Å². The Balaban J connectivity index is 2.32. The molecule has 0 heterocycles. The van der Waals surface area contributed by atoms with E-state index in [1.54, 1.807) is 7.11 Å². The Bertz CT molecular complexity index is 616. The highest BCUT2D eigenvalue weighted by molar-refractivity contribution is 5.51.